The maximum Gasteiger partial charge on any atom is 0.342 e. The second-order valence-electron chi connectivity index (χ2n) is 7.19. The molecule has 1 saturated heterocycles. The lowest BCUT2D eigenvalue weighted by Crippen LogP contribution is -2.32. The number of Topliss-reactive ketones (excluding diaryl/α,β-unsaturated/α-hetero) is 1. The number of sulfonamides is 1. The Kier molecular flexibility index (Phi) is 7.40. The molecule has 2 aromatic carbocycles. The number of carbonyl (C=O) groups is 2. The van der Waals surface area contributed by atoms with E-state index in [2.05, 4.69) is 0 Å². The van der Waals surface area contributed by atoms with Crippen molar-refractivity contribution in [2.45, 2.75) is 30.6 Å². The van der Waals surface area contributed by atoms with Gasteiger partial charge in [-0.1, -0.05) is 12.8 Å². The molecule has 0 saturated carbocycles. The van der Waals surface area contributed by atoms with Crippen LogP contribution >= 0.6 is 0 Å². The van der Waals surface area contributed by atoms with Crippen molar-refractivity contribution in [3.05, 3.63) is 59.4 Å². The zero-order chi connectivity index (χ0) is 22.4. The maximum absolute atomic E-state index is 13.0. The molecule has 0 radical (unpaired) electrons. The lowest BCUT2D eigenvalue weighted by Gasteiger charge is -2.20. The zero-order valence-electron chi connectivity index (χ0n) is 17.2. The number of hydrogen-bond donors (Lipinski definition) is 0. The molecule has 1 heterocycles. The highest BCUT2D eigenvalue weighted by molar-refractivity contribution is 7.89. The van der Waals surface area contributed by atoms with Crippen LogP contribution in [-0.4, -0.2) is 51.3 Å². The Morgan fingerprint density at radius 1 is 1.00 bits per heavy atom. The Labute approximate surface area is 180 Å². The van der Waals surface area contributed by atoms with Crippen molar-refractivity contribution in [3.63, 3.8) is 0 Å². The molecule has 0 amide bonds. The van der Waals surface area contributed by atoms with Crippen molar-refractivity contribution in [1.82, 2.24) is 4.31 Å². The summed E-state index contributed by atoms with van der Waals surface area (Å²) in [5.74, 6) is -1.75. The Bertz CT molecular complexity index is 1040. The lowest BCUT2D eigenvalue weighted by atomic mass is 10.1. The highest BCUT2D eigenvalue weighted by atomic mass is 32.2. The number of ether oxygens (including phenoxy) is 2. The van der Waals surface area contributed by atoms with Gasteiger partial charge in [-0.25, -0.2) is 17.6 Å². The van der Waals surface area contributed by atoms with Gasteiger partial charge in [0.1, 0.15) is 17.1 Å². The molecule has 0 spiro atoms. The average molecular weight is 450 g/mol. The molecule has 0 aliphatic carbocycles. The van der Waals surface area contributed by atoms with Crippen molar-refractivity contribution < 1.29 is 31.9 Å². The molecule has 0 atom stereocenters. The van der Waals surface area contributed by atoms with Crippen LogP contribution in [0.15, 0.2) is 47.4 Å². The molecule has 0 bridgehead atoms. The summed E-state index contributed by atoms with van der Waals surface area (Å²) in [7, 11) is -2.43. The average Bonchev–Trinajstić information content (AvgIpc) is 3.07. The molecule has 0 aromatic heterocycles. The number of nitrogens with zero attached hydrogens (tertiary/aromatic N) is 1. The van der Waals surface area contributed by atoms with Gasteiger partial charge in [-0.15, -0.1) is 0 Å². The van der Waals surface area contributed by atoms with Gasteiger partial charge in [0.25, 0.3) is 0 Å². The number of benzene rings is 2. The minimum Gasteiger partial charge on any atom is -0.496 e. The third-order valence-corrected chi connectivity index (χ3v) is 6.99. The zero-order valence-corrected chi connectivity index (χ0v) is 18.0. The summed E-state index contributed by atoms with van der Waals surface area (Å²) >= 11 is 0. The van der Waals surface area contributed by atoms with Gasteiger partial charge in [-0.05, 0) is 55.3 Å². The van der Waals surface area contributed by atoms with Gasteiger partial charge >= 0.3 is 5.97 Å². The van der Waals surface area contributed by atoms with E-state index in [0.29, 0.717) is 13.1 Å². The topological polar surface area (TPSA) is 90.0 Å². The van der Waals surface area contributed by atoms with Crippen LogP contribution in [0.3, 0.4) is 0 Å². The standard InChI is InChI=1S/C22H24FNO6S/c1-29-21-11-10-18(31(27,28)24-12-4-2-3-5-13-24)14-19(21)22(26)30-15-20(25)16-6-8-17(23)9-7-16/h6-11,14H,2-5,12-13,15H2,1H3. The number of ketones is 1. The Morgan fingerprint density at radius 3 is 2.26 bits per heavy atom. The van der Waals surface area contributed by atoms with Crippen molar-refractivity contribution in [2.24, 2.45) is 0 Å². The Hall–Kier alpha value is -2.78. The maximum atomic E-state index is 13.0. The van der Waals surface area contributed by atoms with Gasteiger partial charge in [0.05, 0.1) is 12.0 Å². The molecule has 31 heavy (non-hydrogen) atoms. The van der Waals surface area contributed by atoms with Crippen molar-refractivity contribution in [3.8, 4) is 5.75 Å². The summed E-state index contributed by atoms with van der Waals surface area (Å²) in [6.45, 7) is 0.289. The van der Waals surface area contributed by atoms with Crippen molar-refractivity contribution in [2.75, 3.05) is 26.8 Å². The van der Waals surface area contributed by atoms with E-state index in [-0.39, 0.29) is 21.8 Å². The molecule has 0 unspecified atom stereocenters. The fourth-order valence-electron chi connectivity index (χ4n) is 3.37. The number of methoxy groups -OCH3 is 1. The molecule has 1 fully saturated rings. The Balaban J connectivity index is 1.78. The molecule has 3 rings (SSSR count). The summed E-state index contributed by atoms with van der Waals surface area (Å²) in [6.07, 6.45) is 3.54. The van der Waals surface area contributed by atoms with Crippen LogP contribution in [0.25, 0.3) is 0 Å². The van der Waals surface area contributed by atoms with Gasteiger partial charge in [0, 0.05) is 18.7 Å². The third-order valence-electron chi connectivity index (χ3n) is 5.09. The first-order chi connectivity index (χ1) is 14.8. The van der Waals surface area contributed by atoms with Crippen LogP contribution in [0.4, 0.5) is 4.39 Å². The summed E-state index contributed by atoms with van der Waals surface area (Å²) in [6, 6.07) is 8.85. The van der Waals surface area contributed by atoms with E-state index in [4.69, 9.17) is 9.47 Å². The SMILES string of the molecule is COc1ccc(S(=O)(=O)N2CCCCCC2)cc1C(=O)OCC(=O)c1ccc(F)cc1. The number of esters is 1. The summed E-state index contributed by atoms with van der Waals surface area (Å²) in [5.41, 5.74) is 0.101. The van der Waals surface area contributed by atoms with Crippen molar-refractivity contribution >= 4 is 21.8 Å². The van der Waals surface area contributed by atoms with E-state index < -0.39 is 34.2 Å². The minimum atomic E-state index is -3.78. The van der Waals surface area contributed by atoms with Gasteiger partial charge in [0.2, 0.25) is 10.0 Å². The molecule has 2 aromatic rings. The first kappa shape index (κ1) is 22.9. The summed E-state index contributed by atoms with van der Waals surface area (Å²) in [4.78, 5) is 24.7. The number of hydrogen-bond acceptors (Lipinski definition) is 6. The predicted molar refractivity (Wildman–Crippen MR) is 111 cm³/mol. The number of carbonyl (C=O) groups excluding carboxylic acids is 2. The highest BCUT2D eigenvalue weighted by Crippen LogP contribution is 2.27. The first-order valence-corrected chi connectivity index (χ1v) is 11.4. The van der Waals surface area contributed by atoms with Gasteiger partial charge in [-0.2, -0.15) is 4.31 Å². The molecular weight excluding hydrogens is 425 g/mol. The fourth-order valence-corrected chi connectivity index (χ4v) is 4.91. The van der Waals surface area contributed by atoms with E-state index in [0.717, 1.165) is 37.8 Å². The minimum absolute atomic E-state index is 0.0352. The van der Waals surface area contributed by atoms with E-state index in [1.807, 2.05) is 0 Å². The van der Waals surface area contributed by atoms with Gasteiger partial charge in [-0.3, -0.25) is 4.79 Å². The van der Waals surface area contributed by atoms with Crippen molar-refractivity contribution in [1.29, 1.82) is 0 Å². The van der Waals surface area contributed by atoms with E-state index in [1.165, 1.54) is 41.7 Å². The molecular formula is C22H24FNO6S. The third kappa shape index (κ3) is 5.48. The number of halogens is 1. The lowest BCUT2D eigenvalue weighted by molar-refractivity contribution is 0.0471. The van der Waals surface area contributed by atoms with E-state index in [9.17, 15) is 22.4 Å². The molecule has 1 aliphatic heterocycles. The van der Waals surface area contributed by atoms with Crippen LogP contribution in [0, 0.1) is 5.82 Å². The monoisotopic (exact) mass is 449 g/mol. The van der Waals surface area contributed by atoms with Crippen LogP contribution in [-0.2, 0) is 14.8 Å². The largest absolute Gasteiger partial charge is 0.496 e. The number of rotatable bonds is 7. The molecule has 7 nitrogen and oxygen atoms in total. The van der Waals surface area contributed by atoms with Crippen LogP contribution < -0.4 is 4.74 Å². The van der Waals surface area contributed by atoms with E-state index >= 15 is 0 Å². The second kappa shape index (κ2) is 10.0. The smallest absolute Gasteiger partial charge is 0.342 e. The van der Waals surface area contributed by atoms with E-state index in [1.54, 1.807) is 0 Å². The quantitative estimate of drug-likeness (QED) is 0.475. The van der Waals surface area contributed by atoms with Gasteiger partial charge in [0.15, 0.2) is 12.4 Å². The van der Waals surface area contributed by atoms with Crippen LogP contribution in [0.2, 0.25) is 0 Å². The predicted octanol–water partition coefficient (Wildman–Crippen LogP) is 3.44. The molecule has 1 aliphatic rings. The normalized spacial score (nSPS) is 15.2. The Morgan fingerprint density at radius 2 is 1.65 bits per heavy atom. The highest BCUT2D eigenvalue weighted by Gasteiger charge is 2.27. The fraction of sp³-hybridized carbons (Fsp3) is 0.364. The van der Waals surface area contributed by atoms with Gasteiger partial charge < -0.3 is 9.47 Å². The summed E-state index contributed by atoms with van der Waals surface area (Å²) in [5, 5.41) is 0. The van der Waals surface area contributed by atoms with Crippen LogP contribution in [0.1, 0.15) is 46.4 Å². The van der Waals surface area contributed by atoms with Crippen LogP contribution in [0.5, 0.6) is 5.75 Å². The second-order valence-corrected chi connectivity index (χ2v) is 9.12. The molecule has 9 heteroatoms. The summed E-state index contributed by atoms with van der Waals surface area (Å²) < 4.78 is 50.8. The molecule has 166 valence electrons. The molecule has 0 N–H and O–H groups in total. The first-order valence-electron chi connectivity index (χ1n) is 9.97.